The monoisotopic (exact) mass is 427 g/mol. The first-order chi connectivity index (χ1) is 14.6. The van der Waals surface area contributed by atoms with Crippen LogP contribution in [0.5, 0.6) is 0 Å². The molecule has 1 heterocycles. The van der Waals surface area contributed by atoms with Crippen molar-refractivity contribution in [1.29, 1.82) is 0 Å². The Hall–Kier alpha value is -3.29. The predicted molar refractivity (Wildman–Crippen MR) is 112 cm³/mol. The third kappa shape index (κ3) is 4.42. The van der Waals surface area contributed by atoms with Crippen molar-refractivity contribution in [2.24, 2.45) is 5.92 Å². The summed E-state index contributed by atoms with van der Waals surface area (Å²) < 4.78 is 35.0. The summed E-state index contributed by atoms with van der Waals surface area (Å²) in [6, 6.07) is 8.96. The zero-order valence-corrected chi connectivity index (χ0v) is 17.5. The molecule has 1 aliphatic carbocycles. The highest BCUT2D eigenvalue weighted by Crippen LogP contribution is 2.41. The summed E-state index contributed by atoms with van der Waals surface area (Å²) in [7, 11) is 0. The maximum Gasteiger partial charge on any atom is 0.408 e. The van der Waals surface area contributed by atoms with Crippen LogP contribution in [0.4, 0.5) is 13.6 Å². The van der Waals surface area contributed by atoms with Gasteiger partial charge in [-0.3, -0.25) is 9.36 Å². The van der Waals surface area contributed by atoms with E-state index in [0.717, 1.165) is 12.8 Å². The van der Waals surface area contributed by atoms with Gasteiger partial charge in [-0.15, -0.1) is 0 Å². The Balaban J connectivity index is 1.92. The highest BCUT2D eigenvalue weighted by molar-refractivity contribution is 5.79. The minimum Gasteiger partial charge on any atom is -0.444 e. The molecule has 0 bridgehead atoms. The number of alkyl carbamates (subject to hydrolysis) is 1. The Morgan fingerprint density at radius 3 is 2.55 bits per heavy atom. The van der Waals surface area contributed by atoms with Crippen molar-refractivity contribution >= 4 is 17.0 Å². The second-order valence-corrected chi connectivity index (χ2v) is 8.69. The molecule has 4 rings (SSSR count). The molecule has 31 heavy (non-hydrogen) atoms. The molecular formula is C23H23F2N3O3. The molecule has 8 heteroatoms. The van der Waals surface area contributed by atoms with Crippen molar-refractivity contribution in [3.63, 3.8) is 0 Å². The van der Waals surface area contributed by atoms with E-state index in [9.17, 15) is 18.4 Å². The number of benzene rings is 2. The molecule has 0 saturated heterocycles. The van der Waals surface area contributed by atoms with Crippen LogP contribution >= 0.6 is 0 Å². The molecule has 3 aromatic rings. The number of carbonyl (C=O) groups excluding carboxylic acids is 1. The van der Waals surface area contributed by atoms with Gasteiger partial charge in [0.1, 0.15) is 28.4 Å². The molecule has 1 aromatic heterocycles. The van der Waals surface area contributed by atoms with Crippen LogP contribution in [0.15, 0.2) is 47.3 Å². The first kappa shape index (κ1) is 21.0. The quantitative estimate of drug-likeness (QED) is 0.658. The second kappa shape index (κ2) is 7.76. The first-order valence-electron chi connectivity index (χ1n) is 10.1. The van der Waals surface area contributed by atoms with Crippen molar-refractivity contribution in [2.75, 3.05) is 0 Å². The van der Waals surface area contributed by atoms with Crippen molar-refractivity contribution in [3.8, 4) is 5.69 Å². The zero-order chi connectivity index (χ0) is 22.3. The Bertz CT molecular complexity index is 1210. The Kier molecular flexibility index (Phi) is 5.24. The summed E-state index contributed by atoms with van der Waals surface area (Å²) in [6.07, 6.45) is 0.991. The average molecular weight is 427 g/mol. The van der Waals surface area contributed by atoms with Crippen molar-refractivity contribution in [3.05, 3.63) is 70.3 Å². The van der Waals surface area contributed by atoms with Crippen LogP contribution in [0.25, 0.3) is 16.6 Å². The van der Waals surface area contributed by atoms with Crippen molar-refractivity contribution in [2.45, 2.75) is 45.3 Å². The average Bonchev–Trinajstić information content (AvgIpc) is 3.49. The van der Waals surface area contributed by atoms with Crippen LogP contribution in [0.1, 0.15) is 45.5 Å². The van der Waals surface area contributed by atoms with Crippen LogP contribution in [-0.4, -0.2) is 21.2 Å². The number of hydrogen-bond donors (Lipinski definition) is 1. The van der Waals surface area contributed by atoms with Crippen LogP contribution in [0, 0.1) is 17.6 Å². The predicted octanol–water partition coefficient (Wildman–Crippen LogP) is 4.64. The van der Waals surface area contributed by atoms with E-state index in [1.54, 1.807) is 26.8 Å². The second-order valence-electron chi connectivity index (χ2n) is 8.69. The molecule has 1 N–H and O–H groups in total. The molecule has 1 aliphatic rings. The van der Waals surface area contributed by atoms with Crippen LogP contribution in [0.3, 0.4) is 0 Å². The summed E-state index contributed by atoms with van der Waals surface area (Å²) in [4.78, 5) is 30.4. The van der Waals surface area contributed by atoms with Gasteiger partial charge in [0.15, 0.2) is 0 Å². The number of halogens is 2. The number of ether oxygens (including phenoxy) is 1. The Morgan fingerprint density at radius 2 is 1.90 bits per heavy atom. The lowest BCUT2D eigenvalue weighted by Gasteiger charge is -2.25. The van der Waals surface area contributed by atoms with E-state index in [4.69, 9.17) is 4.74 Å². The summed E-state index contributed by atoms with van der Waals surface area (Å²) in [5, 5.41) is 2.62. The van der Waals surface area contributed by atoms with Gasteiger partial charge in [0.05, 0.1) is 17.2 Å². The van der Waals surface area contributed by atoms with Crippen molar-refractivity contribution in [1.82, 2.24) is 14.9 Å². The largest absolute Gasteiger partial charge is 0.444 e. The SMILES string of the molecule is CC(C)(C)OC(=O)N[C@H](c1nc2cccc(F)c2c(=O)n1-c1cccc(F)c1)C1CC1. The minimum absolute atomic E-state index is 0.0326. The molecule has 2 aromatic carbocycles. The number of aromatic nitrogens is 2. The van der Waals surface area contributed by atoms with Gasteiger partial charge in [-0.05, 0) is 69.9 Å². The third-order valence-corrected chi connectivity index (χ3v) is 4.98. The van der Waals surface area contributed by atoms with Gasteiger partial charge >= 0.3 is 6.09 Å². The molecular weight excluding hydrogens is 404 g/mol. The van der Waals surface area contributed by atoms with E-state index >= 15 is 0 Å². The molecule has 0 radical (unpaired) electrons. The van der Waals surface area contributed by atoms with E-state index < -0.39 is 34.9 Å². The smallest absolute Gasteiger partial charge is 0.408 e. The Morgan fingerprint density at radius 1 is 1.19 bits per heavy atom. The molecule has 1 saturated carbocycles. The zero-order valence-electron chi connectivity index (χ0n) is 17.5. The Labute approximate surface area is 177 Å². The van der Waals surface area contributed by atoms with Gasteiger partial charge < -0.3 is 10.1 Å². The molecule has 1 fully saturated rings. The molecule has 0 aliphatic heterocycles. The number of nitrogens with zero attached hydrogens (tertiary/aromatic N) is 2. The van der Waals surface area contributed by atoms with Crippen LogP contribution in [-0.2, 0) is 4.74 Å². The van der Waals surface area contributed by atoms with Crippen LogP contribution in [0.2, 0.25) is 0 Å². The fourth-order valence-corrected chi connectivity index (χ4v) is 3.54. The van der Waals surface area contributed by atoms with Gasteiger partial charge in [-0.25, -0.2) is 18.6 Å². The molecule has 0 spiro atoms. The number of rotatable bonds is 4. The highest BCUT2D eigenvalue weighted by Gasteiger charge is 2.38. The first-order valence-corrected chi connectivity index (χ1v) is 10.1. The van der Waals surface area contributed by atoms with Crippen molar-refractivity contribution < 1.29 is 18.3 Å². The van der Waals surface area contributed by atoms with E-state index in [1.807, 2.05) is 0 Å². The maximum atomic E-state index is 14.5. The number of nitrogens with one attached hydrogen (secondary N) is 1. The summed E-state index contributed by atoms with van der Waals surface area (Å²) >= 11 is 0. The fraction of sp³-hybridized carbons (Fsp3) is 0.348. The molecule has 162 valence electrons. The highest BCUT2D eigenvalue weighted by atomic mass is 19.1. The lowest BCUT2D eigenvalue weighted by Crippen LogP contribution is -2.39. The van der Waals surface area contributed by atoms with Gasteiger partial charge in [-0.2, -0.15) is 0 Å². The summed E-state index contributed by atoms with van der Waals surface area (Å²) in [5.41, 5.74) is -1.00. The van der Waals surface area contributed by atoms with E-state index in [0.29, 0.717) is 0 Å². The lowest BCUT2D eigenvalue weighted by molar-refractivity contribution is 0.0493. The minimum atomic E-state index is -0.713. The summed E-state index contributed by atoms with van der Waals surface area (Å²) in [6.45, 7) is 5.25. The number of hydrogen-bond acceptors (Lipinski definition) is 4. The van der Waals surface area contributed by atoms with Gasteiger partial charge in [0.25, 0.3) is 5.56 Å². The van der Waals surface area contributed by atoms with Gasteiger partial charge in [0.2, 0.25) is 0 Å². The van der Waals surface area contributed by atoms with E-state index in [1.165, 1.54) is 41.0 Å². The molecule has 1 atom stereocenters. The van der Waals surface area contributed by atoms with Crippen LogP contribution < -0.4 is 10.9 Å². The number of amides is 1. The molecule has 0 unspecified atom stereocenters. The standard InChI is InChI=1S/C23H23F2N3O3/c1-23(2,3)31-22(30)27-19(13-10-11-13)20-26-17-9-5-8-16(25)18(17)21(29)28(20)15-7-4-6-14(24)12-15/h4-9,12-13,19H,10-11H2,1-3H3,(H,27,30)/t19-/m0/s1. The number of fused-ring (bicyclic) bond motifs is 1. The van der Waals surface area contributed by atoms with E-state index in [2.05, 4.69) is 10.3 Å². The normalized spacial score (nSPS) is 15.0. The lowest BCUT2D eigenvalue weighted by atomic mass is 10.1. The maximum absolute atomic E-state index is 14.5. The number of carbonyl (C=O) groups is 1. The van der Waals surface area contributed by atoms with E-state index in [-0.39, 0.29) is 28.3 Å². The third-order valence-electron chi connectivity index (χ3n) is 4.98. The van der Waals surface area contributed by atoms with Gasteiger partial charge in [0, 0.05) is 0 Å². The molecule has 1 amide bonds. The van der Waals surface area contributed by atoms with Gasteiger partial charge in [-0.1, -0.05) is 12.1 Å². The topological polar surface area (TPSA) is 73.2 Å². The molecule has 6 nitrogen and oxygen atoms in total. The fourth-order valence-electron chi connectivity index (χ4n) is 3.54. The summed E-state index contributed by atoms with van der Waals surface area (Å²) in [5.74, 6) is -1.02.